The van der Waals surface area contributed by atoms with Crippen LogP contribution in [0.4, 0.5) is 0 Å². The Kier molecular flexibility index (Phi) is 5.99. The molecular weight excluding hydrogens is 242 g/mol. The predicted octanol–water partition coefficient (Wildman–Crippen LogP) is 1.59. The number of nitrogens with zero attached hydrogens (tertiary/aromatic N) is 2. The van der Waals surface area contributed by atoms with Gasteiger partial charge in [0.15, 0.2) is 17.5 Å². The fraction of sp³-hybridized carbons (Fsp3) is 0.500. The van der Waals surface area contributed by atoms with E-state index < -0.39 is 0 Å². The van der Waals surface area contributed by atoms with Gasteiger partial charge in [-0.15, -0.1) is 0 Å². The number of nitrogens with two attached hydrogens (primary N) is 1. The number of benzene rings is 1. The highest BCUT2D eigenvalue weighted by molar-refractivity contribution is 5.77. The normalized spacial score (nSPS) is 12.9. The van der Waals surface area contributed by atoms with Gasteiger partial charge in [0.1, 0.15) is 0 Å². The van der Waals surface area contributed by atoms with Crippen LogP contribution in [0.1, 0.15) is 6.92 Å². The molecule has 0 saturated heterocycles. The number of aliphatic imine (C=N–C) groups is 1. The monoisotopic (exact) mass is 265 g/mol. The molecule has 1 rings (SSSR count). The summed E-state index contributed by atoms with van der Waals surface area (Å²) in [6, 6.07) is 7.60. The first-order valence-electron chi connectivity index (χ1n) is 6.27. The van der Waals surface area contributed by atoms with E-state index in [0.717, 1.165) is 11.5 Å². The molecule has 19 heavy (non-hydrogen) atoms. The molecule has 0 fully saturated rings. The Bertz CT molecular complexity index is 419. The zero-order valence-electron chi connectivity index (χ0n) is 12.1. The fourth-order valence-corrected chi connectivity index (χ4v) is 1.41. The molecule has 5 nitrogen and oxygen atoms in total. The summed E-state index contributed by atoms with van der Waals surface area (Å²) in [7, 11) is 5.37. The van der Waals surface area contributed by atoms with E-state index in [4.69, 9.17) is 15.2 Å². The van der Waals surface area contributed by atoms with Crippen molar-refractivity contribution in [3.05, 3.63) is 24.3 Å². The van der Waals surface area contributed by atoms with Crippen LogP contribution in [0, 0.1) is 5.92 Å². The fourth-order valence-electron chi connectivity index (χ4n) is 1.41. The third-order valence-electron chi connectivity index (χ3n) is 2.62. The molecule has 0 unspecified atom stereocenters. The van der Waals surface area contributed by atoms with Gasteiger partial charge in [0.05, 0.1) is 13.7 Å². The van der Waals surface area contributed by atoms with Crippen molar-refractivity contribution in [2.45, 2.75) is 6.92 Å². The van der Waals surface area contributed by atoms with Gasteiger partial charge >= 0.3 is 0 Å². The topological polar surface area (TPSA) is 60.1 Å². The summed E-state index contributed by atoms with van der Waals surface area (Å²) >= 11 is 0. The van der Waals surface area contributed by atoms with Crippen LogP contribution in [0.3, 0.4) is 0 Å². The molecule has 106 valence electrons. The minimum Gasteiger partial charge on any atom is -0.493 e. The van der Waals surface area contributed by atoms with Crippen molar-refractivity contribution < 1.29 is 9.47 Å². The van der Waals surface area contributed by atoms with E-state index in [-0.39, 0.29) is 5.92 Å². The maximum atomic E-state index is 5.73. The zero-order chi connectivity index (χ0) is 14.3. The Labute approximate surface area is 115 Å². The second-order valence-electron chi connectivity index (χ2n) is 4.66. The van der Waals surface area contributed by atoms with Crippen molar-refractivity contribution in [3.8, 4) is 11.5 Å². The van der Waals surface area contributed by atoms with Crippen LogP contribution < -0.4 is 15.2 Å². The molecule has 0 spiro atoms. The number of guanidine groups is 1. The molecule has 0 saturated carbocycles. The average Bonchev–Trinajstić information content (AvgIpc) is 2.42. The molecule has 1 atom stereocenters. The highest BCUT2D eigenvalue weighted by Gasteiger charge is 2.07. The quantitative estimate of drug-likeness (QED) is 0.627. The minimum atomic E-state index is 0.281. The standard InChI is InChI=1S/C14H23N3O2/c1-11(9-16-14(15)17(2)3)10-19-13-8-6-5-7-12(13)18-4/h5-8,11H,9-10H2,1-4H3,(H2,15,16)/t11-/m0/s1. The van der Waals surface area contributed by atoms with Gasteiger partial charge in [-0.25, -0.2) is 0 Å². The average molecular weight is 265 g/mol. The van der Waals surface area contributed by atoms with Crippen molar-refractivity contribution in [1.82, 2.24) is 4.90 Å². The number of para-hydroxylation sites is 2. The third-order valence-corrected chi connectivity index (χ3v) is 2.62. The molecule has 0 amide bonds. The summed E-state index contributed by atoms with van der Waals surface area (Å²) in [6.07, 6.45) is 0. The lowest BCUT2D eigenvalue weighted by Crippen LogP contribution is -2.31. The molecule has 1 aromatic rings. The van der Waals surface area contributed by atoms with E-state index in [1.807, 2.05) is 38.4 Å². The largest absolute Gasteiger partial charge is 0.493 e. The lowest BCUT2D eigenvalue weighted by Gasteiger charge is -2.15. The third kappa shape index (κ3) is 5.07. The van der Waals surface area contributed by atoms with Gasteiger partial charge < -0.3 is 20.1 Å². The summed E-state index contributed by atoms with van der Waals surface area (Å²) < 4.78 is 11.0. The van der Waals surface area contributed by atoms with Crippen molar-refractivity contribution in [3.63, 3.8) is 0 Å². The molecular formula is C14H23N3O2. The molecule has 0 aromatic heterocycles. The number of hydrogen-bond acceptors (Lipinski definition) is 3. The van der Waals surface area contributed by atoms with E-state index in [9.17, 15) is 0 Å². The van der Waals surface area contributed by atoms with Crippen molar-refractivity contribution >= 4 is 5.96 Å². The number of hydrogen-bond donors (Lipinski definition) is 1. The van der Waals surface area contributed by atoms with E-state index in [1.165, 1.54) is 0 Å². The van der Waals surface area contributed by atoms with Gasteiger partial charge in [-0.2, -0.15) is 0 Å². The highest BCUT2D eigenvalue weighted by Crippen LogP contribution is 2.26. The van der Waals surface area contributed by atoms with Gasteiger partial charge in [0.2, 0.25) is 0 Å². The first-order valence-corrected chi connectivity index (χ1v) is 6.27. The van der Waals surface area contributed by atoms with E-state index in [1.54, 1.807) is 12.0 Å². The van der Waals surface area contributed by atoms with Crippen molar-refractivity contribution in [2.75, 3.05) is 34.4 Å². The Morgan fingerprint density at radius 2 is 1.95 bits per heavy atom. The minimum absolute atomic E-state index is 0.281. The van der Waals surface area contributed by atoms with Gasteiger partial charge in [-0.1, -0.05) is 19.1 Å². The Balaban J connectivity index is 2.46. The molecule has 0 aliphatic rings. The highest BCUT2D eigenvalue weighted by atomic mass is 16.5. The summed E-state index contributed by atoms with van der Waals surface area (Å²) in [5.41, 5.74) is 5.73. The van der Waals surface area contributed by atoms with Crippen LogP contribution in [0.25, 0.3) is 0 Å². The van der Waals surface area contributed by atoms with Crippen molar-refractivity contribution in [1.29, 1.82) is 0 Å². The lowest BCUT2D eigenvalue weighted by atomic mass is 10.2. The predicted molar refractivity (Wildman–Crippen MR) is 77.8 cm³/mol. The Hall–Kier alpha value is -1.91. The molecule has 0 heterocycles. The number of ether oxygens (including phenoxy) is 2. The second-order valence-corrected chi connectivity index (χ2v) is 4.66. The van der Waals surface area contributed by atoms with Crippen LogP contribution in [-0.2, 0) is 0 Å². The number of rotatable bonds is 6. The molecule has 2 N–H and O–H groups in total. The summed E-state index contributed by atoms with van der Waals surface area (Å²) in [5, 5.41) is 0. The van der Waals surface area contributed by atoms with Crippen LogP contribution >= 0.6 is 0 Å². The lowest BCUT2D eigenvalue weighted by molar-refractivity contribution is 0.251. The smallest absolute Gasteiger partial charge is 0.190 e. The van der Waals surface area contributed by atoms with Gasteiger partial charge in [-0.3, -0.25) is 4.99 Å². The van der Waals surface area contributed by atoms with Crippen LogP contribution in [0.15, 0.2) is 29.3 Å². The molecule has 1 aromatic carbocycles. The van der Waals surface area contributed by atoms with E-state index in [2.05, 4.69) is 11.9 Å². The van der Waals surface area contributed by atoms with Gasteiger partial charge in [-0.05, 0) is 12.1 Å². The van der Waals surface area contributed by atoms with Crippen LogP contribution in [0.2, 0.25) is 0 Å². The first-order chi connectivity index (χ1) is 9.04. The van der Waals surface area contributed by atoms with Gasteiger partial charge in [0.25, 0.3) is 0 Å². The summed E-state index contributed by atoms with van der Waals surface area (Å²) in [4.78, 5) is 6.07. The second kappa shape index (κ2) is 7.51. The Morgan fingerprint density at radius 3 is 2.53 bits per heavy atom. The molecule has 0 bridgehead atoms. The molecule has 5 heteroatoms. The zero-order valence-corrected chi connectivity index (χ0v) is 12.1. The van der Waals surface area contributed by atoms with Crippen molar-refractivity contribution in [2.24, 2.45) is 16.6 Å². The maximum absolute atomic E-state index is 5.73. The van der Waals surface area contributed by atoms with E-state index in [0.29, 0.717) is 19.1 Å². The van der Waals surface area contributed by atoms with Crippen LogP contribution in [0.5, 0.6) is 11.5 Å². The summed E-state index contributed by atoms with van der Waals surface area (Å²) in [6.45, 7) is 3.28. The Morgan fingerprint density at radius 1 is 1.32 bits per heavy atom. The summed E-state index contributed by atoms with van der Waals surface area (Å²) in [5.74, 6) is 2.31. The first kappa shape index (κ1) is 15.1. The van der Waals surface area contributed by atoms with E-state index >= 15 is 0 Å². The van der Waals surface area contributed by atoms with Gasteiger partial charge in [0, 0.05) is 26.6 Å². The number of methoxy groups -OCH3 is 1. The molecule has 0 radical (unpaired) electrons. The SMILES string of the molecule is COc1ccccc1OC[C@@H](C)CN=C(N)N(C)C. The molecule has 0 aliphatic heterocycles. The maximum Gasteiger partial charge on any atom is 0.190 e. The van der Waals surface area contributed by atoms with Crippen LogP contribution in [-0.4, -0.2) is 45.2 Å². The molecule has 0 aliphatic carbocycles.